The van der Waals surface area contributed by atoms with Crippen LogP contribution in [0.3, 0.4) is 0 Å². The van der Waals surface area contributed by atoms with Crippen molar-refractivity contribution in [2.24, 2.45) is 0 Å². The lowest BCUT2D eigenvalue weighted by Gasteiger charge is -2.28. The Labute approximate surface area is 129 Å². The fraction of sp³-hybridized carbons (Fsp3) is 0.533. The van der Waals surface area contributed by atoms with E-state index < -0.39 is 0 Å². The Bertz CT molecular complexity index is 476. The maximum absolute atomic E-state index is 12.1. The van der Waals surface area contributed by atoms with E-state index in [-0.39, 0.29) is 24.6 Å². The van der Waals surface area contributed by atoms with Crippen molar-refractivity contribution in [2.75, 3.05) is 13.7 Å². The number of benzene rings is 1. The van der Waals surface area contributed by atoms with Crippen LogP contribution in [0.2, 0.25) is 10.0 Å². The molecule has 0 spiro atoms. The highest BCUT2D eigenvalue weighted by Gasteiger charge is 2.23. The molecule has 1 aromatic rings. The second kappa shape index (κ2) is 7.41. The monoisotopic (exact) mass is 316 g/mol. The van der Waals surface area contributed by atoms with Gasteiger partial charge in [-0.05, 0) is 43.9 Å². The van der Waals surface area contributed by atoms with Crippen LogP contribution in [-0.2, 0) is 9.47 Å². The highest BCUT2D eigenvalue weighted by molar-refractivity contribution is 6.35. The van der Waals surface area contributed by atoms with E-state index in [0.29, 0.717) is 15.6 Å². The third-order valence-electron chi connectivity index (χ3n) is 3.59. The zero-order valence-corrected chi connectivity index (χ0v) is 12.9. The van der Waals surface area contributed by atoms with E-state index >= 15 is 0 Å². The maximum Gasteiger partial charge on any atom is 0.190 e. The highest BCUT2D eigenvalue weighted by atomic mass is 35.5. The molecule has 0 radical (unpaired) electrons. The molecule has 1 saturated carbocycles. The summed E-state index contributed by atoms with van der Waals surface area (Å²) in [5.41, 5.74) is 0.415. The first-order chi connectivity index (χ1) is 9.60. The number of halogens is 2. The van der Waals surface area contributed by atoms with E-state index in [4.69, 9.17) is 32.7 Å². The molecule has 5 heteroatoms. The lowest BCUT2D eigenvalue weighted by Crippen LogP contribution is -2.29. The molecule has 0 aromatic heterocycles. The summed E-state index contributed by atoms with van der Waals surface area (Å²) >= 11 is 11.9. The first-order valence-electron chi connectivity index (χ1n) is 6.72. The van der Waals surface area contributed by atoms with Crippen LogP contribution >= 0.6 is 23.2 Å². The summed E-state index contributed by atoms with van der Waals surface area (Å²) in [5, 5.41) is 0.899. The molecular weight excluding hydrogens is 299 g/mol. The van der Waals surface area contributed by atoms with Crippen molar-refractivity contribution in [3.8, 4) is 0 Å². The summed E-state index contributed by atoms with van der Waals surface area (Å²) in [6, 6.07) is 4.86. The van der Waals surface area contributed by atoms with E-state index in [1.165, 1.54) is 0 Å². The number of carbonyl (C=O) groups excluding carboxylic acids is 1. The van der Waals surface area contributed by atoms with Crippen LogP contribution in [0.5, 0.6) is 0 Å². The predicted octanol–water partition coefficient (Wildman–Crippen LogP) is 4.15. The van der Waals surface area contributed by atoms with Crippen molar-refractivity contribution < 1.29 is 14.3 Å². The van der Waals surface area contributed by atoms with Crippen molar-refractivity contribution in [2.45, 2.75) is 37.9 Å². The number of methoxy groups -OCH3 is 1. The zero-order chi connectivity index (χ0) is 14.5. The molecule has 0 heterocycles. The Hall–Kier alpha value is -0.610. The molecule has 110 valence electrons. The van der Waals surface area contributed by atoms with E-state index in [1.807, 2.05) is 0 Å². The maximum atomic E-state index is 12.1. The van der Waals surface area contributed by atoms with E-state index in [0.717, 1.165) is 25.7 Å². The third-order valence-corrected chi connectivity index (χ3v) is 4.15. The Morgan fingerprint density at radius 3 is 2.80 bits per heavy atom. The summed E-state index contributed by atoms with van der Waals surface area (Å²) in [6.45, 7) is 0.0289. The van der Waals surface area contributed by atoms with Crippen molar-refractivity contribution in [1.82, 2.24) is 0 Å². The van der Waals surface area contributed by atoms with Crippen molar-refractivity contribution in [1.29, 1.82) is 0 Å². The Morgan fingerprint density at radius 1 is 1.30 bits per heavy atom. The van der Waals surface area contributed by atoms with Gasteiger partial charge in [-0.2, -0.15) is 0 Å². The lowest BCUT2D eigenvalue weighted by molar-refractivity contribution is -0.0243. The topological polar surface area (TPSA) is 35.5 Å². The quantitative estimate of drug-likeness (QED) is 0.765. The van der Waals surface area contributed by atoms with Gasteiger partial charge in [-0.3, -0.25) is 4.79 Å². The number of ether oxygens (including phenoxy) is 2. The first kappa shape index (κ1) is 15.8. The fourth-order valence-electron chi connectivity index (χ4n) is 2.45. The highest BCUT2D eigenvalue weighted by Crippen LogP contribution is 2.24. The normalized spacial score (nSPS) is 22.8. The molecular formula is C15H18Cl2O3. The largest absolute Gasteiger partial charge is 0.381 e. The average molecular weight is 317 g/mol. The van der Waals surface area contributed by atoms with Crippen LogP contribution in [0.25, 0.3) is 0 Å². The first-order valence-corrected chi connectivity index (χ1v) is 7.48. The van der Waals surface area contributed by atoms with Gasteiger partial charge in [-0.25, -0.2) is 0 Å². The summed E-state index contributed by atoms with van der Waals surface area (Å²) in [4.78, 5) is 12.1. The van der Waals surface area contributed by atoms with Crippen LogP contribution in [0, 0.1) is 0 Å². The molecule has 3 nitrogen and oxygen atoms in total. The molecule has 0 bridgehead atoms. The van der Waals surface area contributed by atoms with Crippen molar-refractivity contribution in [3.05, 3.63) is 33.8 Å². The summed E-state index contributed by atoms with van der Waals surface area (Å²) in [7, 11) is 1.71. The van der Waals surface area contributed by atoms with Crippen LogP contribution in [0.4, 0.5) is 0 Å². The number of Topliss-reactive ketones (excluding diaryl/α,β-unsaturated/α-hetero) is 1. The molecule has 1 aromatic carbocycles. The second-order valence-corrected chi connectivity index (χ2v) is 5.85. The second-order valence-electron chi connectivity index (χ2n) is 5.00. The smallest absolute Gasteiger partial charge is 0.190 e. The van der Waals surface area contributed by atoms with Crippen LogP contribution in [0.1, 0.15) is 36.0 Å². The van der Waals surface area contributed by atoms with Crippen LogP contribution in [0.15, 0.2) is 18.2 Å². The number of rotatable bonds is 5. The molecule has 2 atom stereocenters. The van der Waals surface area contributed by atoms with E-state index in [2.05, 4.69) is 0 Å². The van der Waals surface area contributed by atoms with E-state index in [1.54, 1.807) is 25.3 Å². The molecule has 2 rings (SSSR count). The summed E-state index contributed by atoms with van der Waals surface area (Å²) in [6.07, 6.45) is 4.25. The summed E-state index contributed by atoms with van der Waals surface area (Å²) < 4.78 is 11.0. The third kappa shape index (κ3) is 4.19. The molecule has 0 amide bonds. The number of hydrogen-bond donors (Lipinski definition) is 0. The van der Waals surface area contributed by atoms with Gasteiger partial charge in [0, 0.05) is 17.7 Å². The number of hydrogen-bond acceptors (Lipinski definition) is 3. The van der Waals surface area contributed by atoms with Gasteiger partial charge < -0.3 is 9.47 Å². The minimum atomic E-state index is -0.142. The average Bonchev–Trinajstić information content (AvgIpc) is 2.47. The molecule has 2 unspecified atom stereocenters. The molecule has 20 heavy (non-hydrogen) atoms. The zero-order valence-electron chi connectivity index (χ0n) is 11.4. The standard InChI is InChI=1S/C15H18Cl2O3/c1-19-11-3-2-4-12(8-11)20-9-15(18)13-7-10(16)5-6-14(13)17/h5-7,11-12H,2-4,8-9H2,1H3. The minimum absolute atomic E-state index is 0.0289. The van der Waals surface area contributed by atoms with Crippen molar-refractivity contribution in [3.63, 3.8) is 0 Å². The molecule has 1 aliphatic carbocycles. The SMILES string of the molecule is COC1CCCC(OCC(=O)c2cc(Cl)ccc2Cl)C1. The Balaban J connectivity index is 1.90. The molecule has 0 saturated heterocycles. The Morgan fingerprint density at radius 2 is 2.05 bits per heavy atom. The molecule has 1 fully saturated rings. The summed E-state index contributed by atoms with van der Waals surface area (Å²) in [5.74, 6) is -0.142. The van der Waals surface area contributed by atoms with Gasteiger partial charge in [0.15, 0.2) is 5.78 Å². The van der Waals surface area contributed by atoms with Gasteiger partial charge in [-0.15, -0.1) is 0 Å². The van der Waals surface area contributed by atoms with Gasteiger partial charge in [0.1, 0.15) is 6.61 Å². The number of carbonyl (C=O) groups is 1. The Kier molecular flexibility index (Phi) is 5.85. The van der Waals surface area contributed by atoms with Gasteiger partial charge in [0.05, 0.1) is 17.2 Å². The fourth-order valence-corrected chi connectivity index (χ4v) is 2.85. The van der Waals surface area contributed by atoms with Gasteiger partial charge in [-0.1, -0.05) is 23.2 Å². The van der Waals surface area contributed by atoms with Gasteiger partial charge in [0.25, 0.3) is 0 Å². The lowest BCUT2D eigenvalue weighted by atomic mass is 9.95. The van der Waals surface area contributed by atoms with Gasteiger partial charge >= 0.3 is 0 Å². The minimum Gasteiger partial charge on any atom is -0.381 e. The van der Waals surface area contributed by atoms with Crippen LogP contribution < -0.4 is 0 Å². The molecule has 0 N–H and O–H groups in total. The number of ketones is 1. The van der Waals surface area contributed by atoms with Gasteiger partial charge in [0.2, 0.25) is 0 Å². The van der Waals surface area contributed by atoms with Crippen LogP contribution in [-0.4, -0.2) is 31.7 Å². The predicted molar refractivity (Wildman–Crippen MR) is 79.8 cm³/mol. The van der Waals surface area contributed by atoms with Crippen molar-refractivity contribution >= 4 is 29.0 Å². The molecule has 0 aliphatic heterocycles. The van der Waals surface area contributed by atoms with E-state index in [9.17, 15) is 4.79 Å². The molecule has 1 aliphatic rings.